The Morgan fingerprint density at radius 3 is 2.84 bits per heavy atom. The molecule has 0 bridgehead atoms. The lowest BCUT2D eigenvalue weighted by Crippen LogP contribution is -2.46. The van der Waals surface area contributed by atoms with E-state index in [1.165, 1.54) is 17.1 Å². The Kier molecular flexibility index (Phi) is 5.05. The fraction of sp³-hybridized carbons (Fsp3) is 0.364. The second-order valence-electron chi connectivity index (χ2n) is 7.89. The van der Waals surface area contributed by atoms with Crippen molar-refractivity contribution in [3.05, 3.63) is 71.3 Å². The average Bonchev–Trinajstić information content (AvgIpc) is 3.39. The number of benzene rings is 1. The molecule has 5 rings (SSSR count). The number of fused-ring (bicyclic) bond motifs is 2. The average molecular weight is 448 g/mol. The van der Waals surface area contributed by atoms with Crippen molar-refractivity contribution in [1.82, 2.24) is 14.5 Å². The first-order chi connectivity index (χ1) is 14.9. The van der Waals surface area contributed by atoms with Crippen molar-refractivity contribution in [1.29, 1.82) is 0 Å². The van der Waals surface area contributed by atoms with Crippen molar-refractivity contribution in [2.24, 2.45) is 0 Å². The Balaban J connectivity index is 1.54. The number of ether oxygens (including phenoxy) is 2. The molecule has 1 aliphatic carbocycles. The molecule has 1 aliphatic heterocycles. The summed E-state index contributed by atoms with van der Waals surface area (Å²) in [6.07, 6.45) is -1.90. The van der Waals surface area contributed by atoms with E-state index >= 15 is 0 Å². The van der Waals surface area contributed by atoms with E-state index in [-0.39, 0.29) is 28.4 Å². The van der Waals surface area contributed by atoms with Crippen LogP contribution in [0.15, 0.2) is 55.0 Å². The molecule has 2 aromatic heterocycles. The minimum absolute atomic E-state index is 0.0464. The predicted molar refractivity (Wildman–Crippen MR) is 110 cm³/mol. The zero-order chi connectivity index (χ0) is 21.8. The molecule has 0 spiro atoms. The molecule has 1 saturated heterocycles. The summed E-state index contributed by atoms with van der Waals surface area (Å²) in [6.45, 7) is 4.36. The van der Waals surface area contributed by atoms with Crippen LogP contribution in [0.5, 0.6) is 0 Å². The Morgan fingerprint density at radius 1 is 1.32 bits per heavy atom. The SMILES string of the molecule is C=C1CC[C@]2(OCc3ccccc3)C(O)[C@H](n3cc(C(F)F)c4c(Cl)ncnc43)O[C@H]12. The number of halogens is 3. The molecule has 1 aromatic carbocycles. The van der Waals surface area contributed by atoms with Crippen LogP contribution in [0.1, 0.15) is 36.6 Å². The number of aliphatic hydroxyl groups is 1. The van der Waals surface area contributed by atoms with Crippen LogP contribution in [0, 0.1) is 0 Å². The molecular weight excluding hydrogens is 428 g/mol. The van der Waals surface area contributed by atoms with Crippen LogP contribution in [0.25, 0.3) is 11.0 Å². The van der Waals surface area contributed by atoms with Crippen molar-refractivity contribution >= 4 is 22.6 Å². The highest BCUT2D eigenvalue weighted by Crippen LogP contribution is 2.52. The Morgan fingerprint density at radius 2 is 2.10 bits per heavy atom. The molecule has 2 aliphatic rings. The number of alkyl halides is 2. The lowest BCUT2D eigenvalue weighted by Gasteiger charge is -2.31. The standard InChI is InChI=1S/C22H20ClF2N3O3/c1-12-7-8-22(30-10-13-5-3-2-4-6-13)16(29)21(31-17(12)22)28-9-14(19(24)25)15-18(23)26-11-27-20(15)28/h2-6,9,11,16-17,19,21,29H,1,7-8,10H2/t16?,17-,21-,22+/m1/s1. The van der Waals surface area contributed by atoms with Crippen LogP contribution < -0.4 is 0 Å². The number of hydrogen-bond donors (Lipinski definition) is 1. The maximum absolute atomic E-state index is 13.7. The van der Waals surface area contributed by atoms with Gasteiger partial charge in [0.25, 0.3) is 6.43 Å². The summed E-state index contributed by atoms with van der Waals surface area (Å²) >= 11 is 6.09. The van der Waals surface area contributed by atoms with Crippen molar-refractivity contribution in [3.63, 3.8) is 0 Å². The van der Waals surface area contributed by atoms with Gasteiger partial charge >= 0.3 is 0 Å². The first kappa shape index (κ1) is 20.5. The summed E-state index contributed by atoms with van der Waals surface area (Å²) in [5, 5.41) is 11.3. The highest BCUT2D eigenvalue weighted by Gasteiger charge is 2.61. The second-order valence-corrected chi connectivity index (χ2v) is 8.25. The van der Waals surface area contributed by atoms with Gasteiger partial charge in [-0.25, -0.2) is 18.7 Å². The molecule has 1 N–H and O–H groups in total. The summed E-state index contributed by atoms with van der Waals surface area (Å²) in [6, 6.07) is 9.60. The number of aliphatic hydroxyl groups excluding tert-OH is 1. The van der Waals surface area contributed by atoms with Gasteiger partial charge in [-0.1, -0.05) is 48.5 Å². The predicted octanol–water partition coefficient (Wildman–Crippen LogP) is 4.59. The van der Waals surface area contributed by atoms with E-state index in [9.17, 15) is 13.9 Å². The molecule has 1 saturated carbocycles. The molecule has 9 heteroatoms. The lowest BCUT2D eigenvalue weighted by molar-refractivity contribution is -0.122. The molecule has 3 heterocycles. The minimum Gasteiger partial charge on any atom is -0.385 e. The van der Waals surface area contributed by atoms with Gasteiger partial charge in [0.05, 0.1) is 12.0 Å². The quantitative estimate of drug-likeness (QED) is 0.457. The Bertz CT molecular complexity index is 1140. The number of hydrogen-bond acceptors (Lipinski definition) is 5. The molecule has 4 atom stereocenters. The highest BCUT2D eigenvalue weighted by molar-refractivity contribution is 6.34. The summed E-state index contributed by atoms with van der Waals surface area (Å²) in [7, 11) is 0. The summed E-state index contributed by atoms with van der Waals surface area (Å²) in [5.41, 5.74) is 0.577. The van der Waals surface area contributed by atoms with Crippen LogP contribution in [0.3, 0.4) is 0 Å². The van der Waals surface area contributed by atoms with E-state index in [0.29, 0.717) is 12.8 Å². The van der Waals surface area contributed by atoms with Crippen LogP contribution in [-0.2, 0) is 16.1 Å². The largest absolute Gasteiger partial charge is 0.385 e. The highest BCUT2D eigenvalue weighted by atomic mass is 35.5. The maximum atomic E-state index is 13.7. The number of rotatable bonds is 5. The maximum Gasteiger partial charge on any atom is 0.266 e. The lowest BCUT2D eigenvalue weighted by atomic mass is 9.93. The van der Waals surface area contributed by atoms with E-state index in [1.807, 2.05) is 30.3 Å². The monoisotopic (exact) mass is 447 g/mol. The first-order valence-electron chi connectivity index (χ1n) is 9.90. The van der Waals surface area contributed by atoms with E-state index in [1.54, 1.807) is 0 Å². The fourth-order valence-corrected chi connectivity index (χ4v) is 4.85. The molecule has 6 nitrogen and oxygen atoms in total. The molecule has 0 radical (unpaired) electrons. The van der Waals surface area contributed by atoms with E-state index in [2.05, 4.69) is 16.5 Å². The van der Waals surface area contributed by atoms with Gasteiger partial charge in [0.1, 0.15) is 34.9 Å². The Hall–Kier alpha value is -2.39. The normalized spacial score (nSPS) is 28.0. The van der Waals surface area contributed by atoms with Crippen LogP contribution in [-0.4, -0.2) is 37.5 Å². The zero-order valence-corrected chi connectivity index (χ0v) is 17.2. The van der Waals surface area contributed by atoms with Crippen molar-refractivity contribution in [3.8, 4) is 0 Å². The fourth-order valence-electron chi connectivity index (χ4n) is 4.61. The van der Waals surface area contributed by atoms with Crippen LogP contribution in [0.4, 0.5) is 8.78 Å². The van der Waals surface area contributed by atoms with Crippen LogP contribution >= 0.6 is 11.6 Å². The molecule has 162 valence electrons. The van der Waals surface area contributed by atoms with E-state index < -0.39 is 30.5 Å². The summed E-state index contributed by atoms with van der Waals surface area (Å²) in [4.78, 5) is 7.95. The van der Waals surface area contributed by atoms with Crippen molar-refractivity contribution in [2.45, 2.75) is 49.9 Å². The third-order valence-corrected chi connectivity index (χ3v) is 6.44. The first-order valence-corrected chi connectivity index (χ1v) is 10.3. The van der Waals surface area contributed by atoms with Gasteiger partial charge in [0, 0.05) is 11.8 Å². The summed E-state index contributed by atoms with van der Waals surface area (Å²) < 4.78 is 41.2. The number of aromatic nitrogens is 3. The molecule has 3 aromatic rings. The number of nitrogens with zero attached hydrogens (tertiary/aromatic N) is 3. The Labute approximate surface area is 182 Å². The molecule has 31 heavy (non-hydrogen) atoms. The van der Waals surface area contributed by atoms with Gasteiger partial charge in [0.2, 0.25) is 0 Å². The van der Waals surface area contributed by atoms with Gasteiger partial charge < -0.3 is 19.1 Å². The van der Waals surface area contributed by atoms with E-state index in [0.717, 1.165) is 11.1 Å². The molecule has 1 unspecified atom stereocenters. The third kappa shape index (κ3) is 3.17. The van der Waals surface area contributed by atoms with Gasteiger partial charge in [-0.3, -0.25) is 0 Å². The third-order valence-electron chi connectivity index (χ3n) is 6.15. The zero-order valence-electron chi connectivity index (χ0n) is 16.4. The van der Waals surface area contributed by atoms with Gasteiger partial charge in [-0.15, -0.1) is 0 Å². The van der Waals surface area contributed by atoms with E-state index in [4.69, 9.17) is 21.1 Å². The molecular formula is C22H20ClF2N3O3. The molecule has 2 fully saturated rings. The summed E-state index contributed by atoms with van der Waals surface area (Å²) in [5.74, 6) is 0. The topological polar surface area (TPSA) is 69.4 Å². The van der Waals surface area contributed by atoms with Crippen molar-refractivity contribution < 1.29 is 23.4 Å². The van der Waals surface area contributed by atoms with Gasteiger partial charge in [-0.05, 0) is 24.0 Å². The van der Waals surface area contributed by atoms with Crippen LogP contribution in [0.2, 0.25) is 5.15 Å². The second kappa shape index (κ2) is 7.63. The van der Waals surface area contributed by atoms with Crippen molar-refractivity contribution in [2.75, 3.05) is 0 Å². The molecule has 0 amide bonds. The minimum atomic E-state index is -2.79. The van der Waals surface area contributed by atoms with Gasteiger partial charge in [0.15, 0.2) is 6.23 Å². The van der Waals surface area contributed by atoms with Gasteiger partial charge in [-0.2, -0.15) is 0 Å². The smallest absolute Gasteiger partial charge is 0.266 e.